The molecule has 1 amide bonds. The van der Waals surface area contributed by atoms with Crippen molar-refractivity contribution < 1.29 is 13.6 Å². The fourth-order valence-electron chi connectivity index (χ4n) is 5.74. The van der Waals surface area contributed by atoms with Crippen LogP contribution in [0.25, 0.3) is 22.6 Å². The van der Waals surface area contributed by atoms with Crippen LogP contribution in [0, 0.1) is 17.1 Å². The molecule has 43 heavy (non-hydrogen) atoms. The summed E-state index contributed by atoms with van der Waals surface area (Å²) < 4.78 is 19.8. The number of nitrogens with two attached hydrogens (primary N) is 1. The van der Waals surface area contributed by atoms with Gasteiger partial charge >= 0.3 is 0 Å². The van der Waals surface area contributed by atoms with Crippen molar-refractivity contribution in [3.05, 3.63) is 131 Å². The van der Waals surface area contributed by atoms with Gasteiger partial charge in [-0.05, 0) is 84.8 Å². The fourth-order valence-corrected chi connectivity index (χ4v) is 5.74. The minimum absolute atomic E-state index is 0.169. The minimum atomic E-state index is -0.922. The largest absolute Gasteiger partial charge is 0.419 e. The molecule has 4 aromatic carbocycles. The number of carbonyl (C=O) groups is 1. The van der Waals surface area contributed by atoms with Gasteiger partial charge in [0.05, 0.1) is 23.2 Å². The molecule has 1 fully saturated rings. The van der Waals surface area contributed by atoms with E-state index in [2.05, 4.69) is 16.3 Å². The lowest BCUT2D eigenvalue weighted by molar-refractivity contribution is 0.0735. The molecule has 0 spiro atoms. The highest BCUT2D eigenvalue weighted by atomic mass is 19.1. The second-order valence-corrected chi connectivity index (χ2v) is 11.2. The van der Waals surface area contributed by atoms with Crippen LogP contribution in [0.15, 0.2) is 101 Å². The molecule has 214 valence electrons. The lowest BCUT2D eigenvalue weighted by atomic mass is 9.94. The number of benzene rings is 4. The predicted molar refractivity (Wildman–Crippen MR) is 161 cm³/mol. The van der Waals surface area contributed by atoms with Crippen LogP contribution in [0.5, 0.6) is 0 Å². The normalized spacial score (nSPS) is 16.0. The number of hydrogen-bond acceptors (Lipinski definition) is 6. The molecule has 2 atom stereocenters. The molecule has 2 heterocycles. The van der Waals surface area contributed by atoms with Gasteiger partial charge in [0.15, 0.2) is 0 Å². The van der Waals surface area contributed by atoms with Gasteiger partial charge in [0.2, 0.25) is 11.8 Å². The molecule has 1 aliphatic heterocycles. The highest BCUT2D eigenvalue weighted by Crippen LogP contribution is 2.36. The van der Waals surface area contributed by atoms with Crippen LogP contribution < -0.4 is 5.73 Å². The molecule has 5 aromatic rings. The van der Waals surface area contributed by atoms with E-state index in [1.54, 1.807) is 36.4 Å². The van der Waals surface area contributed by atoms with Gasteiger partial charge in [-0.15, -0.1) is 10.2 Å². The molecule has 0 bridgehead atoms. The quantitative estimate of drug-likeness (QED) is 0.230. The van der Waals surface area contributed by atoms with Crippen molar-refractivity contribution in [2.75, 3.05) is 6.54 Å². The SMILES string of the molecule is CC(N)(Cc1ccccc1)c1nnc(-c2cc(C(=O)N3CCCC3c3ccc(F)cc3)cc(-c3ccccc3C#N)c2)o1. The Labute approximate surface area is 249 Å². The van der Waals surface area contributed by atoms with Crippen molar-refractivity contribution in [3.63, 3.8) is 0 Å². The number of aromatic nitrogens is 2. The van der Waals surface area contributed by atoms with E-state index >= 15 is 0 Å². The van der Waals surface area contributed by atoms with Gasteiger partial charge in [0.25, 0.3) is 5.91 Å². The summed E-state index contributed by atoms with van der Waals surface area (Å²) in [5.41, 5.74) is 10.5. The molecule has 8 heteroatoms. The van der Waals surface area contributed by atoms with Crippen molar-refractivity contribution in [1.82, 2.24) is 15.1 Å². The summed E-state index contributed by atoms with van der Waals surface area (Å²) in [6.45, 7) is 2.42. The summed E-state index contributed by atoms with van der Waals surface area (Å²) in [5.74, 6) is 0.0146. The molecule has 0 radical (unpaired) electrons. The number of likely N-dealkylation sites (tertiary alicyclic amines) is 1. The maximum Gasteiger partial charge on any atom is 0.254 e. The van der Waals surface area contributed by atoms with Crippen LogP contribution in [0.1, 0.15) is 58.7 Å². The van der Waals surface area contributed by atoms with E-state index in [1.807, 2.05) is 60.4 Å². The van der Waals surface area contributed by atoms with Gasteiger partial charge in [-0.3, -0.25) is 4.79 Å². The van der Waals surface area contributed by atoms with E-state index in [9.17, 15) is 14.4 Å². The smallest absolute Gasteiger partial charge is 0.254 e. The minimum Gasteiger partial charge on any atom is -0.419 e. The molecule has 0 saturated carbocycles. The Bertz CT molecular complexity index is 1810. The Morgan fingerprint density at radius 3 is 2.51 bits per heavy atom. The van der Waals surface area contributed by atoms with Crippen molar-refractivity contribution in [3.8, 4) is 28.7 Å². The Morgan fingerprint density at radius 1 is 1.02 bits per heavy atom. The average molecular weight is 572 g/mol. The summed E-state index contributed by atoms with van der Waals surface area (Å²) in [6.07, 6.45) is 2.11. The summed E-state index contributed by atoms with van der Waals surface area (Å²) in [5, 5.41) is 18.4. The summed E-state index contributed by atoms with van der Waals surface area (Å²) >= 11 is 0. The summed E-state index contributed by atoms with van der Waals surface area (Å²) in [7, 11) is 0. The van der Waals surface area contributed by atoms with Gasteiger partial charge in [-0.2, -0.15) is 5.26 Å². The Balaban J connectivity index is 1.40. The topological polar surface area (TPSA) is 109 Å². The monoisotopic (exact) mass is 571 g/mol. The lowest BCUT2D eigenvalue weighted by Crippen LogP contribution is -2.35. The molecular formula is C35H30FN5O2. The summed E-state index contributed by atoms with van der Waals surface area (Å²) in [4.78, 5) is 15.9. The highest BCUT2D eigenvalue weighted by molar-refractivity contribution is 5.97. The molecule has 7 nitrogen and oxygen atoms in total. The molecule has 2 unspecified atom stereocenters. The molecule has 6 rings (SSSR count). The average Bonchev–Trinajstić information content (AvgIpc) is 3.73. The maximum atomic E-state index is 14.1. The van der Waals surface area contributed by atoms with E-state index in [0.717, 1.165) is 24.0 Å². The third kappa shape index (κ3) is 5.81. The van der Waals surface area contributed by atoms with Gasteiger partial charge in [-0.25, -0.2) is 4.39 Å². The number of nitrogens with zero attached hydrogens (tertiary/aromatic N) is 4. The second kappa shape index (κ2) is 11.6. The van der Waals surface area contributed by atoms with Crippen LogP contribution in [-0.2, 0) is 12.0 Å². The molecule has 1 aliphatic rings. The number of amides is 1. The number of carbonyl (C=O) groups excluding carboxylic acids is 1. The Hall–Kier alpha value is -5.13. The zero-order chi connectivity index (χ0) is 30.0. The number of rotatable bonds is 7. The van der Waals surface area contributed by atoms with Crippen molar-refractivity contribution in [1.29, 1.82) is 5.26 Å². The second-order valence-electron chi connectivity index (χ2n) is 11.2. The zero-order valence-corrected chi connectivity index (χ0v) is 23.7. The lowest BCUT2D eigenvalue weighted by Gasteiger charge is -2.25. The van der Waals surface area contributed by atoms with E-state index in [-0.39, 0.29) is 29.5 Å². The van der Waals surface area contributed by atoms with E-state index < -0.39 is 5.54 Å². The van der Waals surface area contributed by atoms with Crippen LogP contribution in [0.3, 0.4) is 0 Å². The van der Waals surface area contributed by atoms with E-state index in [0.29, 0.717) is 40.8 Å². The van der Waals surface area contributed by atoms with Gasteiger partial charge in [0.1, 0.15) is 5.82 Å². The van der Waals surface area contributed by atoms with Crippen LogP contribution >= 0.6 is 0 Å². The Kier molecular flexibility index (Phi) is 7.58. The predicted octanol–water partition coefficient (Wildman–Crippen LogP) is 6.81. The highest BCUT2D eigenvalue weighted by Gasteiger charge is 2.32. The molecule has 1 aromatic heterocycles. The molecule has 2 N–H and O–H groups in total. The van der Waals surface area contributed by atoms with E-state index in [1.165, 1.54) is 12.1 Å². The van der Waals surface area contributed by atoms with Gasteiger partial charge < -0.3 is 15.1 Å². The van der Waals surface area contributed by atoms with E-state index in [4.69, 9.17) is 10.2 Å². The van der Waals surface area contributed by atoms with Crippen LogP contribution in [0.2, 0.25) is 0 Å². The van der Waals surface area contributed by atoms with Crippen molar-refractivity contribution in [2.24, 2.45) is 5.73 Å². The molecule has 1 saturated heterocycles. The number of halogens is 1. The van der Waals surface area contributed by atoms with Crippen LogP contribution in [0.4, 0.5) is 4.39 Å². The summed E-state index contributed by atoms with van der Waals surface area (Å²) in [6, 6.07) is 30.8. The van der Waals surface area contributed by atoms with Crippen LogP contribution in [-0.4, -0.2) is 27.5 Å². The maximum absolute atomic E-state index is 14.1. The third-order valence-corrected chi connectivity index (χ3v) is 7.88. The number of nitriles is 1. The first kappa shape index (κ1) is 28.0. The van der Waals surface area contributed by atoms with Crippen molar-refractivity contribution in [2.45, 2.75) is 37.8 Å². The Morgan fingerprint density at radius 2 is 1.74 bits per heavy atom. The van der Waals surface area contributed by atoms with Crippen molar-refractivity contribution >= 4 is 5.91 Å². The van der Waals surface area contributed by atoms with Gasteiger partial charge in [0, 0.05) is 17.7 Å². The fraction of sp³-hybridized carbons (Fsp3) is 0.200. The standard InChI is InChI=1S/C35H30FN5O2/c1-35(38,21-23-8-3-2-4-9-23)34-40-39-32(43-34)27-18-26(30-11-6-5-10-25(30)22-37)19-28(20-27)33(42)41-17-7-12-31(41)24-13-15-29(36)16-14-24/h2-6,8-11,13-16,18-20,31H,7,12,17,21,38H2,1H3. The zero-order valence-electron chi connectivity index (χ0n) is 23.7. The number of hydrogen-bond donors (Lipinski definition) is 1. The first-order valence-corrected chi connectivity index (χ1v) is 14.2. The third-order valence-electron chi connectivity index (χ3n) is 7.88. The first-order valence-electron chi connectivity index (χ1n) is 14.2. The molecular weight excluding hydrogens is 541 g/mol. The first-order chi connectivity index (χ1) is 20.8. The molecule has 0 aliphatic carbocycles. The van der Waals surface area contributed by atoms with Gasteiger partial charge in [-0.1, -0.05) is 60.7 Å².